The Hall–Kier alpha value is -2.50. The average molecular weight is 300 g/mol. The zero-order valence-corrected chi connectivity index (χ0v) is 13.2. The number of benzene rings is 1. The molecule has 2 aromatic rings. The summed E-state index contributed by atoms with van der Waals surface area (Å²) in [5, 5.41) is 4.07. The van der Waals surface area contributed by atoms with Crippen LogP contribution in [0.1, 0.15) is 33.9 Å². The van der Waals surface area contributed by atoms with Crippen LogP contribution in [0.4, 0.5) is 5.69 Å². The number of para-hydroxylation sites is 1. The van der Waals surface area contributed by atoms with E-state index in [4.69, 9.17) is 0 Å². The topological polar surface area (TPSA) is 68.1 Å². The number of Topliss-reactive ketones (excluding diaryl/α,β-unsaturated/α-hetero) is 1. The third-order valence-electron chi connectivity index (χ3n) is 3.28. The van der Waals surface area contributed by atoms with Crippen molar-refractivity contribution in [3.63, 3.8) is 0 Å². The summed E-state index contributed by atoms with van der Waals surface area (Å²) in [6, 6.07) is 9.09. The van der Waals surface area contributed by atoms with Crippen molar-refractivity contribution in [1.82, 2.24) is 14.8 Å². The molecule has 1 aromatic carbocycles. The van der Waals surface area contributed by atoms with E-state index in [0.29, 0.717) is 5.69 Å². The number of amides is 1. The van der Waals surface area contributed by atoms with Crippen molar-refractivity contribution >= 4 is 17.4 Å². The molecule has 0 saturated heterocycles. The predicted octanol–water partition coefficient (Wildman–Crippen LogP) is 2.45. The van der Waals surface area contributed by atoms with Crippen LogP contribution < -0.4 is 4.90 Å². The molecule has 0 bridgehead atoms. The lowest BCUT2D eigenvalue weighted by atomic mass is 9.88. The number of hydrogen-bond acceptors (Lipinski definition) is 4. The van der Waals surface area contributed by atoms with Crippen molar-refractivity contribution in [2.24, 2.45) is 5.41 Å². The lowest BCUT2D eigenvalue weighted by Crippen LogP contribution is -2.45. The van der Waals surface area contributed by atoms with Gasteiger partial charge < -0.3 is 0 Å². The molecule has 0 aliphatic rings. The highest BCUT2D eigenvalue weighted by Crippen LogP contribution is 2.29. The van der Waals surface area contributed by atoms with Gasteiger partial charge >= 0.3 is 0 Å². The fraction of sp³-hybridized carbons (Fsp3) is 0.375. The van der Waals surface area contributed by atoms with Gasteiger partial charge in [0, 0.05) is 18.0 Å². The summed E-state index contributed by atoms with van der Waals surface area (Å²) in [5.74, 6) is -0.346. The van der Waals surface area contributed by atoms with Gasteiger partial charge in [-0.15, -0.1) is 0 Å². The zero-order chi connectivity index (χ0) is 16.3. The van der Waals surface area contributed by atoms with Crippen LogP contribution in [0.2, 0.25) is 0 Å². The molecule has 0 spiro atoms. The molecule has 0 N–H and O–H groups in total. The average Bonchev–Trinajstić information content (AvgIpc) is 2.97. The minimum atomic E-state index is -0.859. The number of rotatable bonds is 4. The normalized spacial score (nSPS) is 12.7. The van der Waals surface area contributed by atoms with Crippen LogP contribution in [-0.2, 0) is 9.59 Å². The van der Waals surface area contributed by atoms with Crippen LogP contribution in [0.25, 0.3) is 0 Å². The molecule has 0 aliphatic heterocycles. The molecule has 1 aromatic heterocycles. The van der Waals surface area contributed by atoms with E-state index in [0.717, 1.165) is 0 Å². The molecule has 2 rings (SSSR count). The summed E-state index contributed by atoms with van der Waals surface area (Å²) in [6.07, 6.45) is 1.95. The second-order valence-corrected chi connectivity index (χ2v) is 6.09. The molecular weight excluding hydrogens is 280 g/mol. The van der Waals surface area contributed by atoms with Gasteiger partial charge in [-0.05, 0) is 12.1 Å². The number of hydrogen-bond donors (Lipinski definition) is 0. The van der Waals surface area contributed by atoms with Crippen molar-refractivity contribution in [1.29, 1.82) is 0 Å². The minimum Gasteiger partial charge on any atom is -0.295 e. The number of aromatic nitrogens is 3. The third kappa shape index (κ3) is 3.21. The lowest BCUT2D eigenvalue weighted by molar-refractivity contribution is -0.132. The van der Waals surface area contributed by atoms with Crippen molar-refractivity contribution < 1.29 is 9.59 Å². The summed E-state index contributed by atoms with van der Waals surface area (Å²) >= 11 is 0. The van der Waals surface area contributed by atoms with Crippen molar-refractivity contribution in [3.8, 4) is 0 Å². The summed E-state index contributed by atoms with van der Waals surface area (Å²) in [7, 11) is 0. The Morgan fingerprint density at radius 3 is 2.27 bits per heavy atom. The van der Waals surface area contributed by atoms with E-state index in [-0.39, 0.29) is 11.7 Å². The van der Waals surface area contributed by atoms with E-state index in [9.17, 15) is 9.59 Å². The molecule has 1 heterocycles. The van der Waals surface area contributed by atoms with Crippen LogP contribution in [0.15, 0.2) is 43.0 Å². The smallest absolute Gasteiger partial charge is 0.225 e. The second kappa shape index (κ2) is 6.09. The molecule has 1 amide bonds. The van der Waals surface area contributed by atoms with E-state index >= 15 is 0 Å². The van der Waals surface area contributed by atoms with Crippen LogP contribution in [0.5, 0.6) is 0 Å². The Morgan fingerprint density at radius 2 is 1.82 bits per heavy atom. The van der Waals surface area contributed by atoms with Crippen LogP contribution >= 0.6 is 0 Å². The van der Waals surface area contributed by atoms with Crippen LogP contribution in [0.3, 0.4) is 0 Å². The first-order valence-electron chi connectivity index (χ1n) is 7.05. The van der Waals surface area contributed by atoms with E-state index in [2.05, 4.69) is 10.1 Å². The van der Waals surface area contributed by atoms with Crippen molar-refractivity contribution in [2.75, 3.05) is 4.90 Å². The first-order chi connectivity index (χ1) is 10.3. The molecule has 0 saturated carbocycles. The predicted molar refractivity (Wildman–Crippen MR) is 83.1 cm³/mol. The maximum absolute atomic E-state index is 12.9. The fourth-order valence-electron chi connectivity index (χ4n) is 2.17. The number of carbonyl (C=O) groups excluding carboxylic acids is 2. The van der Waals surface area contributed by atoms with E-state index in [1.807, 2.05) is 39.0 Å². The van der Waals surface area contributed by atoms with Crippen LogP contribution in [-0.4, -0.2) is 26.5 Å². The van der Waals surface area contributed by atoms with Crippen molar-refractivity contribution in [2.45, 2.75) is 33.9 Å². The summed E-state index contributed by atoms with van der Waals surface area (Å²) in [6.45, 7) is 6.90. The number of anilines is 1. The number of carbonyl (C=O) groups is 2. The second-order valence-electron chi connectivity index (χ2n) is 6.09. The quantitative estimate of drug-likeness (QED) is 0.869. The third-order valence-corrected chi connectivity index (χ3v) is 3.28. The maximum atomic E-state index is 12.9. The van der Waals surface area contributed by atoms with Gasteiger partial charge in [-0.3, -0.25) is 14.5 Å². The highest BCUT2D eigenvalue weighted by Gasteiger charge is 2.37. The Morgan fingerprint density at radius 1 is 1.18 bits per heavy atom. The summed E-state index contributed by atoms with van der Waals surface area (Å²) in [4.78, 5) is 30.5. The maximum Gasteiger partial charge on any atom is 0.225 e. The van der Waals surface area contributed by atoms with E-state index in [1.54, 1.807) is 12.1 Å². The van der Waals surface area contributed by atoms with Gasteiger partial charge in [0.05, 0.1) is 0 Å². The SMILES string of the molecule is CC(=O)N(c1ccccc1)C(C(=O)C(C)(C)C)n1cncn1. The number of ketones is 1. The molecule has 6 heteroatoms. The highest BCUT2D eigenvalue weighted by molar-refractivity contribution is 6.00. The molecule has 0 radical (unpaired) electrons. The molecule has 22 heavy (non-hydrogen) atoms. The summed E-state index contributed by atoms with van der Waals surface area (Å²) in [5.41, 5.74) is 0.0205. The van der Waals surface area contributed by atoms with E-state index < -0.39 is 11.6 Å². The Labute approximate surface area is 129 Å². The Kier molecular flexibility index (Phi) is 4.40. The standard InChI is InChI=1S/C16H20N4O2/c1-12(21)20(13-8-6-5-7-9-13)15(14(22)16(2,3)4)19-11-17-10-18-19/h5-11,15H,1-4H3. The van der Waals surface area contributed by atoms with Crippen molar-refractivity contribution in [3.05, 3.63) is 43.0 Å². The first-order valence-corrected chi connectivity index (χ1v) is 7.05. The van der Waals surface area contributed by atoms with Gasteiger partial charge in [0.25, 0.3) is 0 Å². The van der Waals surface area contributed by atoms with Gasteiger partial charge in [-0.25, -0.2) is 9.67 Å². The largest absolute Gasteiger partial charge is 0.295 e. The fourth-order valence-corrected chi connectivity index (χ4v) is 2.17. The molecule has 0 fully saturated rings. The summed E-state index contributed by atoms with van der Waals surface area (Å²) < 4.78 is 1.42. The first kappa shape index (κ1) is 15.9. The Bertz CT molecular complexity index is 645. The van der Waals surface area contributed by atoms with Crippen LogP contribution in [0, 0.1) is 5.41 Å². The monoisotopic (exact) mass is 300 g/mol. The zero-order valence-electron chi connectivity index (χ0n) is 13.2. The Balaban J connectivity index is 2.55. The minimum absolute atomic E-state index is 0.114. The molecule has 1 atom stereocenters. The lowest BCUT2D eigenvalue weighted by Gasteiger charge is -2.33. The van der Waals surface area contributed by atoms with E-state index in [1.165, 1.54) is 29.2 Å². The molecular formula is C16H20N4O2. The van der Waals surface area contributed by atoms with Gasteiger partial charge in [0.1, 0.15) is 12.7 Å². The molecule has 6 nitrogen and oxygen atoms in total. The van der Waals surface area contributed by atoms with Gasteiger partial charge in [-0.1, -0.05) is 39.0 Å². The molecule has 0 aliphatic carbocycles. The molecule has 1 unspecified atom stereocenters. The van der Waals surface area contributed by atoms with Gasteiger partial charge in [0.2, 0.25) is 5.91 Å². The number of nitrogens with zero attached hydrogens (tertiary/aromatic N) is 4. The van der Waals surface area contributed by atoms with Gasteiger partial charge in [-0.2, -0.15) is 5.10 Å². The highest BCUT2D eigenvalue weighted by atomic mass is 16.2. The van der Waals surface area contributed by atoms with Gasteiger partial charge in [0.15, 0.2) is 11.9 Å². The molecule has 116 valence electrons.